The first-order valence-corrected chi connectivity index (χ1v) is 20.5. The molecule has 1 saturated carbocycles. The van der Waals surface area contributed by atoms with E-state index in [-0.39, 0.29) is 28.7 Å². The molecule has 1 aromatic heterocycles. The summed E-state index contributed by atoms with van der Waals surface area (Å²) in [7, 11) is 1.89. The average Bonchev–Trinajstić information content (AvgIpc) is 3.25. The van der Waals surface area contributed by atoms with Gasteiger partial charge in [-0.3, -0.25) is 9.78 Å². The van der Waals surface area contributed by atoms with Crippen LogP contribution in [0.4, 0.5) is 5.69 Å². The number of sulfonamides is 1. The fourth-order valence-corrected chi connectivity index (χ4v) is 10.5. The van der Waals surface area contributed by atoms with Crippen LogP contribution < -0.4 is 14.4 Å². The van der Waals surface area contributed by atoms with Gasteiger partial charge in [-0.1, -0.05) is 36.7 Å². The number of amides is 1. The van der Waals surface area contributed by atoms with E-state index in [9.17, 15) is 13.2 Å². The number of hydrogen-bond donors (Lipinski definition) is 1. The van der Waals surface area contributed by atoms with Crippen molar-refractivity contribution in [3.05, 3.63) is 99.9 Å². The van der Waals surface area contributed by atoms with Crippen LogP contribution in [0, 0.1) is 17.8 Å². The lowest BCUT2D eigenvalue weighted by molar-refractivity contribution is -0.0806. The molecule has 7 rings (SSSR count). The third kappa shape index (κ3) is 6.88. The number of aryl methyl sites for hydroxylation is 1. The van der Waals surface area contributed by atoms with Gasteiger partial charge in [0.05, 0.1) is 17.5 Å². The smallest absolute Gasteiger partial charge is 0.264 e. The maximum absolute atomic E-state index is 13.6. The number of nitrogens with one attached hydrogen (secondary N) is 1. The lowest BCUT2D eigenvalue weighted by atomic mass is 9.62. The number of hydrogen-bond acceptors (Lipinski definition) is 8. The zero-order valence-corrected chi connectivity index (χ0v) is 32.5. The van der Waals surface area contributed by atoms with Gasteiger partial charge in [0.25, 0.3) is 5.91 Å². The van der Waals surface area contributed by atoms with E-state index in [0.717, 1.165) is 60.5 Å². The van der Waals surface area contributed by atoms with Crippen molar-refractivity contribution in [1.82, 2.24) is 14.6 Å². The van der Waals surface area contributed by atoms with Crippen molar-refractivity contribution in [1.29, 1.82) is 0 Å². The van der Waals surface area contributed by atoms with Gasteiger partial charge >= 0.3 is 0 Å². The molecule has 278 valence electrons. The van der Waals surface area contributed by atoms with E-state index in [1.165, 1.54) is 11.1 Å². The zero-order chi connectivity index (χ0) is 36.8. The first kappa shape index (κ1) is 36.9. The quantitative estimate of drug-likeness (QED) is 0.289. The minimum Gasteiger partial charge on any atom is -0.490 e. The van der Waals surface area contributed by atoms with E-state index in [0.29, 0.717) is 31.9 Å². The Labute approximate surface area is 313 Å². The number of carbonyl (C=O) groups excluding carboxylic acids is 1. The van der Waals surface area contributed by atoms with Crippen molar-refractivity contribution < 1.29 is 22.7 Å². The first-order chi connectivity index (χ1) is 24.8. The highest BCUT2D eigenvalue weighted by Crippen LogP contribution is 2.52. The lowest BCUT2D eigenvalue weighted by Gasteiger charge is -2.50. The van der Waals surface area contributed by atoms with Gasteiger partial charge < -0.3 is 19.3 Å². The summed E-state index contributed by atoms with van der Waals surface area (Å²) in [4.78, 5) is 22.9. The number of aromatic nitrogens is 1. The largest absolute Gasteiger partial charge is 0.490 e. The number of allylic oxidation sites excluding steroid dienone is 1. The Bertz CT molecular complexity index is 1970. The highest BCUT2D eigenvalue weighted by Gasteiger charge is 2.50. The number of pyridine rings is 1. The van der Waals surface area contributed by atoms with E-state index in [1.807, 2.05) is 51.6 Å². The fourth-order valence-electron chi connectivity index (χ4n) is 9.05. The molecule has 11 heteroatoms. The van der Waals surface area contributed by atoms with Crippen LogP contribution in [-0.2, 0) is 38.7 Å². The molecule has 52 heavy (non-hydrogen) atoms. The molecule has 1 spiro atoms. The van der Waals surface area contributed by atoms with E-state index >= 15 is 0 Å². The zero-order valence-electron chi connectivity index (χ0n) is 30.9. The molecule has 0 saturated heterocycles. The number of carbonyl (C=O) groups is 1. The van der Waals surface area contributed by atoms with Gasteiger partial charge in [-0.15, -0.1) is 0 Å². The molecule has 1 N–H and O–H groups in total. The number of benzene rings is 2. The highest BCUT2D eigenvalue weighted by molar-refractivity contribution is 7.90. The second-order valence-corrected chi connectivity index (χ2v) is 18.3. The highest BCUT2D eigenvalue weighted by atomic mass is 35.5. The Morgan fingerprint density at radius 1 is 1.12 bits per heavy atom. The fraction of sp³-hybridized carbons (Fsp3) is 0.512. The number of halogens is 1. The minimum atomic E-state index is -3.98. The summed E-state index contributed by atoms with van der Waals surface area (Å²) in [5.41, 5.74) is 4.64. The normalized spacial score (nSPS) is 30.7. The maximum atomic E-state index is 13.6. The Morgan fingerprint density at radius 2 is 1.94 bits per heavy atom. The molecule has 1 amide bonds. The third-order valence-corrected chi connectivity index (χ3v) is 14.4. The van der Waals surface area contributed by atoms with Gasteiger partial charge in [0.1, 0.15) is 11.4 Å². The first-order valence-electron chi connectivity index (χ1n) is 18.5. The topological polar surface area (TPSA) is 101 Å². The van der Waals surface area contributed by atoms with E-state index in [1.54, 1.807) is 20.1 Å². The summed E-state index contributed by atoms with van der Waals surface area (Å²) in [5, 5.41) is -0.0775. The lowest BCUT2D eigenvalue weighted by Crippen LogP contribution is -2.52. The molecule has 9 nitrogen and oxygen atoms in total. The van der Waals surface area contributed by atoms with Crippen LogP contribution in [0.1, 0.15) is 78.6 Å². The summed E-state index contributed by atoms with van der Waals surface area (Å²) >= 11 is 6.49. The molecule has 2 aliphatic heterocycles. The van der Waals surface area contributed by atoms with Crippen LogP contribution in [0.2, 0.25) is 5.02 Å². The molecule has 2 aromatic carbocycles. The summed E-state index contributed by atoms with van der Waals surface area (Å²) < 4.78 is 42.9. The number of anilines is 1. The van der Waals surface area contributed by atoms with E-state index < -0.39 is 26.8 Å². The molecule has 4 aliphatic rings. The SMILES string of the molecule is CO[C@@]1(c2cncc(CN(C)C)c2)/C=C/C[C@H](C)[C@@H](C)S(=O)(=O)NC(=O)c2ccc3c(c2)N(C[C@@H]2CC[C@H]21)C[C@@]1(CCCc2cc(Cl)ccc21)CO3. The van der Waals surface area contributed by atoms with Gasteiger partial charge in [0.15, 0.2) is 0 Å². The third-order valence-electron chi connectivity index (χ3n) is 12.2. The van der Waals surface area contributed by atoms with Crippen LogP contribution in [0.25, 0.3) is 0 Å². The molecular weight excluding hydrogens is 696 g/mol. The number of fused-ring (bicyclic) bond motifs is 4. The van der Waals surface area contributed by atoms with Crippen molar-refractivity contribution in [3.8, 4) is 5.75 Å². The molecule has 0 radical (unpaired) electrons. The van der Waals surface area contributed by atoms with Gasteiger partial charge in [0, 0.05) is 66.6 Å². The molecule has 2 aliphatic carbocycles. The number of ether oxygens (including phenoxy) is 2. The van der Waals surface area contributed by atoms with Crippen LogP contribution in [0.5, 0.6) is 5.75 Å². The number of rotatable bonds is 4. The van der Waals surface area contributed by atoms with Crippen molar-refractivity contribution in [2.75, 3.05) is 45.8 Å². The molecule has 3 aromatic rings. The Hall–Kier alpha value is -3.44. The standard InChI is InChI=1S/C41H51ClN4O5S/c1-27-8-6-17-41(50-5,33-18-29(21-43-22-33)23-45(3)4)36-13-10-32(36)24-46-25-40(16-7-9-30-19-34(42)12-14-35(30)40)26-51-38-15-11-31(20-37(38)46)39(47)44-52(48,49)28(27)2/h6,11-12,14-15,17-22,27-28,32,36H,7-10,13,16,23-26H2,1-5H3,(H,44,47)/b17-6+/t27-,28+,32-,36+,40-,41+/m0/s1. The number of methoxy groups -OCH3 is 1. The molecular formula is C41H51ClN4O5S. The van der Waals surface area contributed by atoms with Gasteiger partial charge in [-0.2, -0.15) is 0 Å². The molecule has 2 bridgehead atoms. The number of nitrogens with zero attached hydrogens (tertiary/aromatic N) is 3. The Morgan fingerprint density at radius 3 is 2.69 bits per heavy atom. The van der Waals surface area contributed by atoms with Crippen molar-refractivity contribution >= 4 is 33.2 Å². The maximum Gasteiger partial charge on any atom is 0.264 e. The summed E-state index contributed by atoms with van der Waals surface area (Å²) in [6.45, 7) is 6.21. The molecule has 6 atom stereocenters. The molecule has 3 heterocycles. The monoisotopic (exact) mass is 746 g/mol. The average molecular weight is 747 g/mol. The second-order valence-electron chi connectivity index (χ2n) is 15.8. The summed E-state index contributed by atoms with van der Waals surface area (Å²) in [6.07, 6.45) is 13.5. The van der Waals surface area contributed by atoms with Crippen LogP contribution in [-0.4, -0.2) is 70.4 Å². The Kier molecular flexibility index (Phi) is 10.2. The van der Waals surface area contributed by atoms with Crippen LogP contribution in [0.3, 0.4) is 0 Å². The summed E-state index contributed by atoms with van der Waals surface area (Å²) in [6, 6.07) is 13.8. The molecule has 1 fully saturated rings. The van der Waals surface area contributed by atoms with Crippen LogP contribution in [0.15, 0.2) is 67.0 Å². The predicted molar refractivity (Wildman–Crippen MR) is 206 cm³/mol. The van der Waals surface area contributed by atoms with Gasteiger partial charge in [-0.25, -0.2) is 13.1 Å². The van der Waals surface area contributed by atoms with E-state index in [4.69, 9.17) is 26.1 Å². The molecule has 0 unspecified atom stereocenters. The van der Waals surface area contributed by atoms with Crippen molar-refractivity contribution in [2.45, 2.75) is 75.2 Å². The van der Waals surface area contributed by atoms with E-state index in [2.05, 4.69) is 44.9 Å². The summed E-state index contributed by atoms with van der Waals surface area (Å²) in [5.74, 6) is 0.170. The minimum absolute atomic E-state index is 0.127. The Balaban J connectivity index is 1.36. The predicted octanol–water partition coefficient (Wildman–Crippen LogP) is 6.88. The van der Waals surface area contributed by atoms with Crippen molar-refractivity contribution in [2.24, 2.45) is 17.8 Å². The van der Waals surface area contributed by atoms with Gasteiger partial charge in [-0.05, 0) is 124 Å². The second kappa shape index (κ2) is 14.4. The van der Waals surface area contributed by atoms with Gasteiger partial charge in [0.2, 0.25) is 10.0 Å². The van der Waals surface area contributed by atoms with Crippen LogP contribution >= 0.6 is 11.6 Å². The van der Waals surface area contributed by atoms with Crippen molar-refractivity contribution in [3.63, 3.8) is 0 Å².